The van der Waals surface area contributed by atoms with Crippen molar-refractivity contribution in [3.63, 3.8) is 0 Å². The minimum absolute atomic E-state index is 0.00400. The van der Waals surface area contributed by atoms with E-state index >= 15 is 0 Å². The van der Waals surface area contributed by atoms with Gasteiger partial charge in [0.1, 0.15) is 17.5 Å². The average Bonchev–Trinajstić information content (AvgIpc) is 3.20. The lowest BCUT2D eigenvalue weighted by Crippen LogP contribution is -2.70. The quantitative estimate of drug-likeness (QED) is 0.0677. The third-order valence-corrected chi connectivity index (χ3v) is 15.7. The number of allylic oxidation sites excluding steroid dienone is 1. The van der Waals surface area contributed by atoms with Gasteiger partial charge in [0.15, 0.2) is 0 Å². The van der Waals surface area contributed by atoms with Crippen LogP contribution in [-0.2, 0) is 23.8 Å². The van der Waals surface area contributed by atoms with Crippen LogP contribution in [-0.4, -0.2) is 113 Å². The van der Waals surface area contributed by atoms with E-state index in [1.807, 2.05) is 6.92 Å². The van der Waals surface area contributed by atoms with Gasteiger partial charge >= 0.3 is 5.97 Å². The van der Waals surface area contributed by atoms with E-state index in [1.54, 1.807) is 13.0 Å². The SMILES string of the molecule is CC=C(C)C(=O)O[C@@H]1CC2C(O)C3C(=O)CC(CO)OC3C(C(C3CCNC(N)C3)[C@H](CO)C3CCCC(O)C3)C2O[C@]1(C)C[C@@H](CCCCC)C1CCC(N)NC1. The van der Waals surface area contributed by atoms with Crippen molar-refractivity contribution in [2.24, 2.45) is 64.7 Å². The number of aliphatic hydroxyl groups is 4. The van der Waals surface area contributed by atoms with Crippen LogP contribution in [0.15, 0.2) is 11.6 Å². The van der Waals surface area contributed by atoms with Crippen LogP contribution in [0.25, 0.3) is 0 Å². The predicted octanol–water partition coefficient (Wildman–Crippen LogP) is 3.29. The fraction of sp³-hybridized carbons (Fsp3) is 0.911. The number of Topliss-reactive ketones (excluding diaryl/α,β-unsaturated/α-hetero) is 1. The Morgan fingerprint density at radius 1 is 1.00 bits per heavy atom. The number of fused-ring (bicyclic) bond motifs is 2. The highest BCUT2D eigenvalue weighted by molar-refractivity contribution is 5.87. The molecular weight excluding hydrogens is 741 g/mol. The summed E-state index contributed by atoms with van der Waals surface area (Å²) in [4.78, 5) is 27.9. The fourth-order valence-corrected chi connectivity index (χ4v) is 12.5. The second-order valence-corrected chi connectivity index (χ2v) is 19.5. The first-order chi connectivity index (χ1) is 27.8. The molecule has 2 saturated carbocycles. The minimum Gasteiger partial charge on any atom is -0.456 e. The van der Waals surface area contributed by atoms with E-state index in [1.165, 1.54) is 0 Å². The van der Waals surface area contributed by atoms with Crippen molar-refractivity contribution >= 4 is 11.8 Å². The Morgan fingerprint density at radius 3 is 2.45 bits per heavy atom. The maximum atomic E-state index is 14.2. The zero-order valence-corrected chi connectivity index (χ0v) is 35.8. The molecule has 4 aliphatic heterocycles. The summed E-state index contributed by atoms with van der Waals surface area (Å²) in [5, 5.41) is 52.3. The van der Waals surface area contributed by atoms with Crippen molar-refractivity contribution in [2.75, 3.05) is 26.3 Å². The molecule has 6 fully saturated rings. The number of hydrogen-bond donors (Lipinski definition) is 8. The molecule has 0 spiro atoms. The summed E-state index contributed by atoms with van der Waals surface area (Å²) in [6, 6.07) is 0. The second-order valence-electron chi connectivity index (χ2n) is 19.5. The molecule has 6 aliphatic rings. The van der Waals surface area contributed by atoms with E-state index in [-0.39, 0.29) is 67.3 Å². The van der Waals surface area contributed by atoms with Crippen LogP contribution in [0.4, 0.5) is 0 Å². The Balaban J connectivity index is 1.47. The summed E-state index contributed by atoms with van der Waals surface area (Å²) in [7, 11) is 0. The summed E-state index contributed by atoms with van der Waals surface area (Å²) in [5.41, 5.74) is 12.5. The molecule has 2 aliphatic carbocycles. The van der Waals surface area contributed by atoms with Gasteiger partial charge in [0.2, 0.25) is 0 Å². The van der Waals surface area contributed by atoms with Crippen molar-refractivity contribution in [3.8, 4) is 0 Å². The Bertz CT molecular complexity index is 1380. The third-order valence-electron chi connectivity index (χ3n) is 15.7. The van der Waals surface area contributed by atoms with E-state index in [0.717, 1.165) is 70.8 Å². The number of hydrogen-bond acceptors (Lipinski definition) is 13. The number of carbonyl (C=O) groups excluding carboxylic acids is 2. The number of rotatable bonds is 15. The molecule has 0 aromatic heterocycles. The largest absolute Gasteiger partial charge is 0.456 e. The lowest BCUT2D eigenvalue weighted by Gasteiger charge is -2.61. The summed E-state index contributed by atoms with van der Waals surface area (Å²) in [6.45, 7) is 8.91. The lowest BCUT2D eigenvalue weighted by molar-refractivity contribution is -0.298. The number of carbonyl (C=O) groups is 2. The van der Waals surface area contributed by atoms with E-state index in [0.29, 0.717) is 43.7 Å². The maximum absolute atomic E-state index is 14.2. The highest BCUT2D eigenvalue weighted by Crippen LogP contribution is 2.56. The van der Waals surface area contributed by atoms with Crippen molar-refractivity contribution < 1.29 is 44.2 Å². The van der Waals surface area contributed by atoms with Crippen LogP contribution in [0.1, 0.15) is 124 Å². The molecule has 0 bridgehead atoms. The minimum atomic E-state index is -1.13. The van der Waals surface area contributed by atoms with Gasteiger partial charge in [-0.25, -0.2) is 4.79 Å². The van der Waals surface area contributed by atoms with Crippen molar-refractivity contribution in [1.29, 1.82) is 0 Å². The van der Waals surface area contributed by atoms with Gasteiger partial charge in [-0.15, -0.1) is 0 Å². The summed E-state index contributed by atoms with van der Waals surface area (Å²) < 4.78 is 20.9. The first kappa shape index (κ1) is 46.0. The van der Waals surface area contributed by atoms with Crippen LogP contribution in [0.3, 0.4) is 0 Å². The molecule has 13 heteroatoms. The van der Waals surface area contributed by atoms with Gasteiger partial charge in [-0.2, -0.15) is 0 Å². The molecule has 332 valence electrons. The van der Waals surface area contributed by atoms with Crippen LogP contribution in [0.5, 0.6) is 0 Å². The second kappa shape index (κ2) is 20.6. The standard InChI is InChI=1S/C45H78N4O9/c1-5-7-8-10-28(29-13-14-36(46)49-22-29)21-45(4)35(57-44(55)25(3)6-2)20-32-41(54)39-34(53)19-31(23-50)56-43(39)40(42(32)58-45)38(27-15-16-48-37(47)18-27)33(24-51)26-11-9-12-30(52)17-26/h6,26-33,35-43,48-52,54H,5,7-24,46-47H2,1-4H3/t26?,27?,28-,29?,30?,31?,32?,33-,35-,36?,37?,38?,39?,40?,41?,42?,43?,45-/m1/s1. The number of ketones is 1. The molecule has 4 heterocycles. The molecule has 0 aromatic rings. The number of unbranched alkanes of at least 4 members (excludes halogenated alkanes) is 2. The fourth-order valence-electron chi connectivity index (χ4n) is 12.5. The van der Waals surface area contributed by atoms with E-state index in [9.17, 15) is 30.0 Å². The first-order valence-corrected chi connectivity index (χ1v) is 23.1. The number of aliphatic hydroxyl groups excluding tert-OH is 4. The summed E-state index contributed by atoms with van der Waals surface area (Å²) in [6.07, 6.45) is 8.63. The maximum Gasteiger partial charge on any atom is 0.333 e. The van der Waals surface area contributed by atoms with E-state index in [2.05, 4.69) is 24.5 Å². The molecule has 10 N–H and O–H groups in total. The topological polar surface area (TPSA) is 219 Å². The highest BCUT2D eigenvalue weighted by atomic mass is 16.6. The summed E-state index contributed by atoms with van der Waals surface area (Å²) >= 11 is 0. The smallest absolute Gasteiger partial charge is 0.333 e. The Morgan fingerprint density at radius 2 is 1.79 bits per heavy atom. The van der Waals surface area contributed by atoms with Crippen LogP contribution >= 0.6 is 0 Å². The van der Waals surface area contributed by atoms with E-state index < -0.39 is 65.9 Å². The van der Waals surface area contributed by atoms with Gasteiger partial charge in [0, 0.05) is 30.4 Å². The van der Waals surface area contributed by atoms with Gasteiger partial charge in [-0.3, -0.25) is 4.79 Å². The lowest BCUT2D eigenvalue weighted by atomic mass is 9.53. The molecule has 0 amide bonds. The molecule has 6 rings (SSSR count). The van der Waals surface area contributed by atoms with Gasteiger partial charge in [0.25, 0.3) is 0 Å². The molecule has 13 nitrogen and oxygen atoms in total. The number of ether oxygens (including phenoxy) is 3. The Hall–Kier alpha value is -1.52. The Kier molecular flexibility index (Phi) is 16.3. The zero-order chi connectivity index (χ0) is 41.7. The molecule has 0 radical (unpaired) electrons. The van der Waals surface area contributed by atoms with Crippen molar-refractivity contribution in [2.45, 2.75) is 179 Å². The number of esters is 1. The van der Waals surface area contributed by atoms with Crippen LogP contribution in [0, 0.1) is 53.3 Å². The number of nitrogens with one attached hydrogen (secondary N) is 2. The molecule has 14 unspecified atom stereocenters. The van der Waals surface area contributed by atoms with E-state index in [4.69, 9.17) is 25.7 Å². The van der Waals surface area contributed by atoms with Gasteiger partial charge in [-0.1, -0.05) is 45.1 Å². The monoisotopic (exact) mass is 819 g/mol. The Labute approximate surface area is 347 Å². The molecule has 58 heavy (non-hydrogen) atoms. The summed E-state index contributed by atoms with van der Waals surface area (Å²) in [5.74, 6) is -2.28. The van der Waals surface area contributed by atoms with Crippen LogP contribution < -0.4 is 22.1 Å². The molecule has 4 saturated heterocycles. The normalized spacial score (nSPS) is 42.8. The van der Waals surface area contributed by atoms with Gasteiger partial charge in [0.05, 0.1) is 55.4 Å². The average molecular weight is 819 g/mol. The first-order valence-electron chi connectivity index (χ1n) is 23.1. The molecule has 0 aromatic carbocycles. The van der Waals surface area contributed by atoms with Gasteiger partial charge < -0.3 is 56.7 Å². The number of piperidine rings is 2. The van der Waals surface area contributed by atoms with Gasteiger partial charge in [-0.05, 0) is 127 Å². The highest BCUT2D eigenvalue weighted by Gasteiger charge is 2.64. The zero-order valence-electron chi connectivity index (χ0n) is 35.8. The number of nitrogens with two attached hydrogens (primary N) is 2. The molecular formula is C45H78N4O9. The van der Waals surface area contributed by atoms with Crippen molar-refractivity contribution in [3.05, 3.63) is 11.6 Å². The van der Waals surface area contributed by atoms with Crippen LogP contribution in [0.2, 0.25) is 0 Å². The third kappa shape index (κ3) is 10.2. The molecule has 18 atom stereocenters. The van der Waals surface area contributed by atoms with Crippen molar-refractivity contribution in [1.82, 2.24) is 10.6 Å². The predicted molar refractivity (Wildman–Crippen MR) is 221 cm³/mol.